The molecule has 3 aromatic rings. The molecule has 0 aliphatic rings. The lowest BCUT2D eigenvalue weighted by Crippen LogP contribution is -2.15. The van der Waals surface area contributed by atoms with Gasteiger partial charge in [-0.1, -0.05) is 42.5 Å². The molecule has 1 heterocycles. The Bertz CT molecular complexity index is 1050. The molecule has 0 atom stereocenters. The Hall–Kier alpha value is -4.38. The van der Waals surface area contributed by atoms with Gasteiger partial charge in [-0.2, -0.15) is 5.26 Å². The molecule has 0 N–H and O–H groups in total. The molecule has 0 saturated carbocycles. The Labute approximate surface area is 166 Å². The standard InChI is InChI=1S/C21H15N3O5/c1-26-21(27-18-11-12-23-14-24-18)19(15-7-3-2-4-8-15)20(25)29-28-17-10-6-5-9-16(17)13-22/h2-12,14H,1H3. The first-order valence-electron chi connectivity index (χ1n) is 8.38. The average molecular weight is 389 g/mol. The van der Waals surface area contributed by atoms with Gasteiger partial charge in [-0.25, -0.2) is 19.7 Å². The van der Waals surface area contributed by atoms with E-state index in [0.29, 0.717) is 5.56 Å². The first-order valence-corrected chi connectivity index (χ1v) is 8.38. The lowest BCUT2D eigenvalue weighted by molar-refractivity contribution is -0.206. The minimum absolute atomic E-state index is 0.0267. The van der Waals surface area contributed by atoms with Crippen LogP contribution in [0, 0.1) is 11.3 Å². The molecule has 8 nitrogen and oxygen atoms in total. The topological polar surface area (TPSA) is 104 Å². The number of hydrogen-bond donors (Lipinski definition) is 0. The van der Waals surface area contributed by atoms with Crippen LogP contribution in [0.5, 0.6) is 11.6 Å². The van der Waals surface area contributed by atoms with Gasteiger partial charge in [-0.05, 0) is 17.7 Å². The molecule has 0 bridgehead atoms. The Morgan fingerprint density at radius 1 is 1.03 bits per heavy atom. The fraction of sp³-hybridized carbons (Fsp3) is 0.0476. The number of aromatic nitrogens is 2. The van der Waals surface area contributed by atoms with Crippen molar-refractivity contribution in [3.05, 3.63) is 90.3 Å². The summed E-state index contributed by atoms with van der Waals surface area (Å²) in [7, 11) is 1.35. The second kappa shape index (κ2) is 9.53. The average Bonchev–Trinajstić information content (AvgIpc) is 2.78. The van der Waals surface area contributed by atoms with Crippen molar-refractivity contribution in [3.8, 4) is 17.7 Å². The zero-order chi connectivity index (χ0) is 20.5. The predicted molar refractivity (Wildman–Crippen MR) is 101 cm³/mol. The van der Waals surface area contributed by atoms with E-state index in [1.165, 1.54) is 37.8 Å². The number of nitrogens with zero attached hydrogens (tertiary/aromatic N) is 3. The van der Waals surface area contributed by atoms with Crippen LogP contribution in [0.15, 0.2) is 79.1 Å². The summed E-state index contributed by atoms with van der Waals surface area (Å²) < 4.78 is 10.9. The molecular formula is C21H15N3O5. The molecule has 0 aliphatic carbocycles. The van der Waals surface area contributed by atoms with Crippen LogP contribution in [-0.2, 0) is 14.4 Å². The van der Waals surface area contributed by atoms with Gasteiger partial charge in [0.25, 0.3) is 0 Å². The lowest BCUT2D eigenvalue weighted by Gasteiger charge is -2.13. The smallest absolute Gasteiger partial charge is 0.393 e. The number of carbonyl (C=O) groups excluding carboxylic acids is 1. The van der Waals surface area contributed by atoms with Gasteiger partial charge in [0.1, 0.15) is 12.4 Å². The third-order valence-electron chi connectivity index (χ3n) is 3.62. The van der Waals surface area contributed by atoms with Crippen molar-refractivity contribution in [1.29, 1.82) is 5.26 Å². The van der Waals surface area contributed by atoms with E-state index >= 15 is 0 Å². The maximum atomic E-state index is 12.8. The highest BCUT2D eigenvalue weighted by Gasteiger charge is 2.25. The summed E-state index contributed by atoms with van der Waals surface area (Å²) in [5.41, 5.74) is 0.663. The van der Waals surface area contributed by atoms with Crippen molar-refractivity contribution in [3.63, 3.8) is 0 Å². The van der Waals surface area contributed by atoms with E-state index < -0.39 is 5.97 Å². The third kappa shape index (κ3) is 4.87. The van der Waals surface area contributed by atoms with Crippen LogP contribution in [0.3, 0.4) is 0 Å². The van der Waals surface area contributed by atoms with E-state index in [1.54, 1.807) is 42.5 Å². The number of para-hydroxylation sites is 1. The van der Waals surface area contributed by atoms with Gasteiger partial charge in [0.05, 0.1) is 12.7 Å². The highest BCUT2D eigenvalue weighted by molar-refractivity contribution is 6.16. The van der Waals surface area contributed by atoms with Crippen LogP contribution in [0.2, 0.25) is 0 Å². The number of rotatable bonds is 7. The van der Waals surface area contributed by atoms with Gasteiger partial charge in [-0.15, -0.1) is 0 Å². The Morgan fingerprint density at radius 3 is 2.48 bits per heavy atom. The fourth-order valence-electron chi connectivity index (χ4n) is 2.31. The fourth-order valence-corrected chi connectivity index (χ4v) is 2.31. The summed E-state index contributed by atoms with van der Waals surface area (Å²) in [4.78, 5) is 30.6. The first kappa shape index (κ1) is 19.4. The molecule has 0 unspecified atom stereocenters. The van der Waals surface area contributed by atoms with Crippen molar-refractivity contribution < 1.29 is 24.0 Å². The van der Waals surface area contributed by atoms with E-state index in [2.05, 4.69) is 9.97 Å². The zero-order valence-electron chi connectivity index (χ0n) is 15.3. The normalized spacial score (nSPS) is 10.9. The van der Waals surface area contributed by atoms with Gasteiger partial charge >= 0.3 is 11.9 Å². The minimum atomic E-state index is -0.880. The van der Waals surface area contributed by atoms with Gasteiger partial charge in [0.15, 0.2) is 11.3 Å². The number of hydrogen-bond acceptors (Lipinski definition) is 8. The predicted octanol–water partition coefficient (Wildman–Crippen LogP) is 3.28. The Kier molecular flexibility index (Phi) is 6.37. The molecule has 3 rings (SSSR count). The van der Waals surface area contributed by atoms with Gasteiger partial charge in [0.2, 0.25) is 5.88 Å². The van der Waals surface area contributed by atoms with Crippen LogP contribution < -0.4 is 9.62 Å². The first-order chi connectivity index (χ1) is 14.2. The largest absolute Gasteiger partial charge is 0.468 e. The summed E-state index contributed by atoms with van der Waals surface area (Å²) >= 11 is 0. The number of benzene rings is 2. The van der Waals surface area contributed by atoms with Gasteiger partial charge in [0, 0.05) is 12.3 Å². The van der Waals surface area contributed by atoms with E-state index in [-0.39, 0.29) is 28.7 Å². The van der Waals surface area contributed by atoms with Crippen LogP contribution in [0.25, 0.3) is 5.57 Å². The molecule has 144 valence electrons. The number of methoxy groups -OCH3 is 1. The molecule has 8 heteroatoms. The van der Waals surface area contributed by atoms with E-state index in [1.807, 2.05) is 6.07 Å². The molecule has 2 aromatic carbocycles. The second-order valence-corrected chi connectivity index (χ2v) is 5.44. The van der Waals surface area contributed by atoms with Crippen LogP contribution in [-0.4, -0.2) is 23.0 Å². The van der Waals surface area contributed by atoms with E-state index in [4.69, 9.17) is 24.5 Å². The van der Waals surface area contributed by atoms with Crippen LogP contribution in [0.1, 0.15) is 11.1 Å². The molecule has 0 fully saturated rings. The van der Waals surface area contributed by atoms with Crippen molar-refractivity contribution in [1.82, 2.24) is 9.97 Å². The van der Waals surface area contributed by atoms with Crippen molar-refractivity contribution in [2.24, 2.45) is 0 Å². The number of nitriles is 1. The van der Waals surface area contributed by atoms with Gasteiger partial charge in [-0.3, -0.25) is 4.89 Å². The Morgan fingerprint density at radius 2 is 1.79 bits per heavy atom. The van der Waals surface area contributed by atoms with Crippen molar-refractivity contribution in [2.45, 2.75) is 0 Å². The quantitative estimate of drug-likeness (QED) is 0.262. The monoisotopic (exact) mass is 389 g/mol. The molecule has 0 saturated heterocycles. The van der Waals surface area contributed by atoms with Crippen LogP contribution >= 0.6 is 0 Å². The molecule has 29 heavy (non-hydrogen) atoms. The molecule has 0 spiro atoms. The summed E-state index contributed by atoms with van der Waals surface area (Å²) in [5, 5.41) is 9.13. The molecule has 0 aliphatic heterocycles. The maximum Gasteiger partial charge on any atom is 0.393 e. The van der Waals surface area contributed by atoms with Crippen molar-refractivity contribution in [2.75, 3.05) is 7.11 Å². The summed E-state index contributed by atoms with van der Waals surface area (Å²) in [6.45, 7) is 0. The highest BCUT2D eigenvalue weighted by Crippen LogP contribution is 2.24. The number of carbonyl (C=O) groups is 1. The SMILES string of the molecule is COC(Oc1ccncn1)=C(C(=O)OOc1ccccc1C#N)c1ccccc1. The molecular weight excluding hydrogens is 374 g/mol. The summed E-state index contributed by atoms with van der Waals surface area (Å²) in [6.07, 6.45) is 2.78. The number of ether oxygens (including phenoxy) is 2. The third-order valence-corrected chi connectivity index (χ3v) is 3.62. The zero-order valence-corrected chi connectivity index (χ0v) is 15.3. The van der Waals surface area contributed by atoms with Crippen molar-refractivity contribution >= 4 is 11.5 Å². The lowest BCUT2D eigenvalue weighted by atomic mass is 10.1. The maximum absolute atomic E-state index is 12.8. The van der Waals surface area contributed by atoms with E-state index in [0.717, 1.165) is 0 Å². The van der Waals surface area contributed by atoms with Gasteiger partial charge < -0.3 is 9.47 Å². The molecule has 1 aromatic heterocycles. The van der Waals surface area contributed by atoms with E-state index in [9.17, 15) is 4.79 Å². The molecule has 0 radical (unpaired) electrons. The summed E-state index contributed by atoms with van der Waals surface area (Å²) in [6, 6.07) is 18.5. The molecule has 0 amide bonds. The summed E-state index contributed by atoms with van der Waals surface area (Å²) in [5.74, 6) is -0.743. The second-order valence-electron chi connectivity index (χ2n) is 5.44. The highest BCUT2D eigenvalue weighted by atomic mass is 17.2. The Balaban J connectivity index is 1.92. The van der Waals surface area contributed by atoms with Crippen LogP contribution in [0.4, 0.5) is 0 Å². The minimum Gasteiger partial charge on any atom is -0.468 e.